The van der Waals surface area contributed by atoms with E-state index in [4.69, 9.17) is 0 Å². The van der Waals surface area contributed by atoms with Gasteiger partial charge in [0.25, 0.3) is 5.78 Å². The zero-order chi connectivity index (χ0) is 10.6. The number of carbonyl (C=O) groups is 2. The molecule has 1 unspecified atom stereocenters. The van der Waals surface area contributed by atoms with E-state index in [1.54, 1.807) is 0 Å². The number of halogens is 3. The highest BCUT2D eigenvalue weighted by atomic mass is 19.4. The highest BCUT2D eigenvalue weighted by Crippen LogP contribution is 2.26. The van der Waals surface area contributed by atoms with Crippen LogP contribution in [0.3, 0.4) is 0 Å². The van der Waals surface area contributed by atoms with Crippen LogP contribution in [0.5, 0.6) is 0 Å². The Labute approximate surface area is 72.9 Å². The Morgan fingerprint density at radius 2 is 1.85 bits per heavy atom. The van der Waals surface area contributed by atoms with Crippen molar-refractivity contribution >= 4 is 11.8 Å². The molecule has 0 N–H and O–H groups in total. The lowest BCUT2D eigenvalue weighted by atomic mass is 10.1. The molecule has 0 saturated carbocycles. The van der Waals surface area contributed by atoms with E-state index in [0.717, 1.165) is 0 Å². The van der Waals surface area contributed by atoms with Crippen molar-refractivity contribution in [1.82, 2.24) is 0 Å². The molecule has 6 heteroatoms. The summed E-state index contributed by atoms with van der Waals surface area (Å²) in [5.41, 5.74) is 0. The summed E-state index contributed by atoms with van der Waals surface area (Å²) in [5, 5.41) is 0. The molecule has 76 valence electrons. The van der Waals surface area contributed by atoms with E-state index < -0.39 is 23.8 Å². The van der Waals surface area contributed by atoms with Gasteiger partial charge < -0.3 is 4.74 Å². The molecule has 0 radical (unpaired) electrons. The number of Topliss-reactive ketones (excluding diaryl/α,β-unsaturated/α-hetero) is 1. The lowest BCUT2D eigenvalue weighted by Crippen LogP contribution is -2.34. The number of ether oxygens (including phenoxy) is 1. The highest BCUT2D eigenvalue weighted by Gasteiger charge is 2.44. The van der Waals surface area contributed by atoms with Gasteiger partial charge in [-0.25, -0.2) is 4.79 Å². The molecule has 0 aromatic heterocycles. The monoisotopic (exact) mass is 198 g/mol. The van der Waals surface area contributed by atoms with Crippen LogP contribution in [0.15, 0.2) is 0 Å². The minimum atomic E-state index is -4.69. The van der Waals surface area contributed by atoms with Crippen molar-refractivity contribution in [2.75, 3.05) is 6.61 Å². The van der Waals surface area contributed by atoms with E-state index in [2.05, 4.69) is 4.74 Å². The van der Waals surface area contributed by atoms with Crippen molar-refractivity contribution in [2.45, 2.75) is 20.0 Å². The molecular formula is C7H9F3O3. The summed E-state index contributed by atoms with van der Waals surface area (Å²) >= 11 is 0. The third-order valence-corrected chi connectivity index (χ3v) is 1.36. The van der Waals surface area contributed by atoms with E-state index in [9.17, 15) is 22.8 Å². The number of hydrogen-bond acceptors (Lipinski definition) is 3. The number of hydrogen-bond donors (Lipinski definition) is 0. The fraction of sp³-hybridized carbons (Fsp3) is 0.714. The molecule has 0 saturated heterocycles. The van der Waals surface area contributed by atoms with Gasteiger partial charge in [0.2, 0.25) is 0 Å². The summed E-state index contributed by atoms with van der Waals surface area (Å²) in [6, 6.07) is 0. The molecule has 13 heavy (non-hydrogen) atoms. The van der Waals surface area contributed by atoms with E-state index in [0.29, 0.717) is 6.92 Å². The van der Waals surface area contributed by atoms with Crippen molar-refractivity contribution in [3.8, 4) is 0 Å². The minimum absolute atomic E-state index is 0.116. The Bertz CT molecular complexity index is 210. The Balaban J connectivity index is 4.35. The summed E-state index contributed by atoms with van der Waals surface area (Å²) in [4.78, 5) is 21.2. The number of ketones is 1. The largest absolute Gasteiger partial charge is 0.460 e. The molecule has 3 nitrogen and oxygen atoms in total. The third kappa shape index (κ3) is 3.43. The molecule has 0 aromatic rings. The molecule has 0 aliphatic heterocycles. The summed E-state index contributed by atoms with van der Waals surface area (Å²) in [6.07, 6.45) is -4.69. The zero-order valence-corrected chi connectivity index (χ0v) is 7.14. The maximum Gasteiger partial charge on any atom is 0.398 e. The molecule has 0 rings (SSSR count). The third-order valence-electron chi connectivity index (χ3n) is 1.36. The molecule has 0 aliphatic carbocycles. The van der Waals surface area contributed by atoms with Crippen LogP contribution in [0.4, 0.5) is 13.2 Å². The normalized spacial score (nSPS) is 13.6. The standard InChI is InChI=1S/C7H9F3O3/c1-3-13-6(12)5(11)4(2)7(8,9)10/h4H,3H2,1-2H3. The van der Waals surface area contributed by atoms with Gasteiger partial charge in [0, 0.05) is 0 Å². The van der Waals surface area contributed by atoms with E-state index in [1.807, 2.05) is 0 Å². The van der Waals surface area contributed by atoms with Crippen molar-refractivity contribution in [3.63, 3.8) is 0 Å². The van der Waals surface area contributed by atoms with Gasteiger partial charge in [-0.05, 0) is 13.8 Å². The predicted octanol–water partition coefficient (Wildman–Crippen LogP) is 1.32. The van der Waals surface area contributed by atoms with Gasteiger partial charge in [0.05, 0.1) is 6.61 Å². The Morgan fingerprint density at radius 1 is 1.38 bits per heavy atom. The van der Waals surface area contributed by atoms with Crippen LogP contribution < -0.4 is 0 Å². The number of esters is 1. The average molecular weight is 198 g/mol. The van der Waals surface area contributed by atoms with Gasteiger partial charge in [-0.3, -0.25) is 4.79 Å². The lowest BCUT2D eigenvalue weighted by Gasteiger charge is -2.12. The first-order valence-corrected chi connectivity index (χ1v) is 3.58. The smallest absolute Gasteiger partial charge is 0.398 e. The Kier molecular flexibility index (Phi) is 3.90. The van der Waals surface area contributed by atoms with Crippen LogP contribution >= 0.6 is 0 Å². The minimum Gasteiger partial charge on any atom is -0.460 e. The van der Waals surface area contributed by atoms with E-state index in [1.165, 1.54) is 6.92 Å². The first-order chi connectivity index (χ1) is 5.80. The second kappa shape index (κ2) is 4.25. The van der Waals surface area contributed by atoms with Crippen LogP contribution in [0.2, 0.25) is 0 Å². The van der Waals surface area contributed by atoms with Gasteiger partial charge in [0.1, 0.15) is 5.92 Å². The van der Waals surface area contributed by atoms with Crippen molar-refractivity contribution in [2.24, 2.45) is 5.92 Å². The van der Waals surface area contributed by atoms with Crippen LogP contribution in [0.1, 0.15) is 13.8 Å². The number of alkyl halides is 3. The predicted molar refractivity (Wildman–Crippen MR) is 36.9 cm³/mol. The highest BCUT2D eigenvalue weighted by molar-refractivity contribution is 6.34. The van der Waals surface area contributed by atoms with Crippen molar-refractivity contribution in [3.05, 3.63) is 0 Å². The SMILES string of the molecule is CCOC(=O)C(=O)C(C)C(F)(F)F. The molecule has 0 aliphatic rings. The van der Waals surface area contributed by atoms with Gasteiger partial charge >= 0.3 is 12.1 Å². The average Bonchev–Trinajstić information content (AvgIpc) is 2.00. The molecule has 0 amide bonds. The quantitative estimate of drug-likeness (QED) is 0.507. The van der Waals surface area contributed by atoms with E-state index >= 15 is 0 Å². The summed E-state index contributed by atoms with van der Waals surface area (Å²) < 4.78 is 39.7. The van der Waals surface area contributed by atoms with Crippen LogP contribution in [0.25, 0.3) is 0 Å². The number of carbonyl (C=O) groups excluding carboxylic acids is 2. The molecule has 0 fully saturated rings. The van der Waals surface area contributed by atoms with Crippen LogP contribution in [0, 0.1) is 5.92 Å². The zero-order valence-electron chi connectivity index (χ0n) is 7.14. The summed E-state index contributed by atoms with van der Waals surface area (Å²) in [5.74, 6) is -5.30. The van der Waals surface area contributed by atoms with Crippen LogP contribution in [-0.4, -0.2) is 24.5 Å². The topological polar surface area (TPSA) is 43.4 Å². The van der Waals surface area contributed by atoms with Crippen LogP contribution in [-0.2, 0) is 14.3 Å². The van der Waals surface area contributed by atoms with E-state index in [-0.39, 0.29) is 6.61 Å². The second-order valence-electron chi connectivity index (χ2n) is 2.35. The summed E-state index contributed by atoms with van der Waals surface area (Å²) in [6.45, 7) is 1.91. The fourth-order valence-corrected chi connectivity index (χ4v) is 0.528. The molecule has 0 spiro atoms. The maximum absolute atomic E-state index is 11.9. The second-order valence-corrected chi connectivity index (χ2v) is 2.35. The molecule has 0 bridgehead atoms. The molecule has 1 atom stereocenters. The van der Waals surface area contributed by atoms with Gasteiger partial charge in [-0.1, -0.05) is 0 Å². The van der Waals surface area contributed by atoms with Gasteiger partial charge in [0.15, 0.2) is 0 Å². The molecule has 0 aromatic carbocycles. The first-order valence-electron chi connectivity index (χ1n) is 3.58. The number of rotatable bonds is 3. The van der Waals surface area contributed by atoms with Gasteiger partial charge in [-0.2, -0.15) is 13.2 Å². The van der Waals surface area contributed by atoms with Gasteiger partial charge in [-0.15, -0.1) is 0 Å². The first kappa shape index (κ1) is 11.9. The summed E-state index contributed by atoms with van der Waals surface area (Å²) in [7, 11) is 0. The lowest BCUT2D eigenvalue weighted by molar-refractivity contribution is -0.184. The molecule has 0 heterocycles. The maximum atomic E-state index is 11.9. The Hall–Kier alpha value is -1.07. The molecular weight excluding hydrogens is 189 g/mol. The Morgan fingerprint density at radius 3 is 2.15 bits per heavy atom. The fourth-order valence-electron chi connectivity index (χ4n) is 0.528. The van der Waals surface area contributed by atoms with Crippen molar-refractivity contribution in [1.29, 1.82) is 0 Å². The van der Waals surface area contributed by atoms with Crippen molar-refractivity contribution < 1.29 is 27.5 Å².